The zero-order valence-corrected chi connectivity index (χ0v) is 10.0. The minimum Gasteiger partial charge on any atom is -0.323 e. The van der Waals surface area contributed by atoms with E-state index in [9.17, 15) is 4.39 Å². The van der Waals surface area contributed by atoms with Crippen LogP contribution in [0.4, 0.5) is 4.39 Å². The molecule has 0 saturated carbocycles. The summed E-state index contributed by atoms with van der Waals surface area (Å²) in [4.78, 5) is 4.05. The molecule has 1 aromatic heterocycles. The first-order valence-electron chi connectivity index (χ1n) is 5.67. The Balaban J connectivity index is 2.53. The van der Waals surface area contributed by atoms with Crippen molar-refractivity contribution in [3.63, 3.8) is 0 Å². The minimum atomic E-state index is -0.266. The van der Waals surface area contributed by atoms with Crippen LogP contribution in [0.15, 0.2) is 30.7 Å². The van der Waals surface area contributed by atoms with E-state index in [-0.39, 0.29) is 11.9 Å². The average Bonchev–Trinajstić information content (AvgIpc) is 2.80. The predicted molar refractivity (Wildman–Crippen MR) is 65.5 cm³/mol. The molecule has 0 aliphatic carbocycles. The van der Waals surface area contributed by atoms with Crippen LogP contribution in [0.25, 0.3) is 5.69 Å². The summed E-state index contributed by atoms with van der Waals surface area (Å²) in [5.74, 6) is -0.266. The molecule has 0 fully saturated rings. The second kappa shape index (κ2) is 4.67. The van der Waals surface area contributed by atoms with Crippen LogP contribution >= 0.6 is 0 Å². The second-order valence-electron chi connectivity index (χ2n) is 4.16. The molecule has 90 valence electrons. The molecule has 0 unspecified atom stereocenters. The maximum atomic E-state index is 13.8. The van der Waals surface area contributed by atoms with Crippen molar-refractivity contribution in [2.24, 2.45) is 5.73 Å². The summed E-state index contributed by atoms with van der Waals surface area (Å²) in [5, 5.41) is 0. The molecule has 0 amide bonds. The van der Waals surface area contributed by atoms with Crippen molar-refractivity contribution in [2.75, 3.05) is 0 Å². The molecule has 0 bridgehead atoms. The maximum Gasteiger partial charge on any atom is 0.147 e. The highest BCUT2D eigenvalue weighted by atomic mass is 19.1. The normalized spacial score (nSPS) is 12.7. The van der Waals surface area contributed by atoms with Crippen molar-refractivity contribution < 1.29 is 4.39 Å². The lowest BCUT2D eigenvalue weighted by atomic mass is 10.1. The highest BCUT2D eigenvalue weighted by Crippen LogP contribution is 2.21. The molecule has 17 heavy (non-hydrogen) atoms. The Morgan fingerprint density at radius 2 is 2.24 bits per heavy atom. The van der Waals surface area contributed by atoms with E-state index in [4.69, 9.17) is 5.73 Å². The van der Waals surface area contributed by atoms with Gasteiger partial charge in [-0.2, -0.15) is 0 Å². The van der Waals surface area contributed by atoms with Crippen LogP contribution in [0.3, 0.4) is 0 Å². The van der Waals surface area contributed by atoms with Gasteiger partial charge in [-0.05, 0) is 31.0 Å². The van der Waals surface area contributed by atoms with E-state index in [1.165, 1.54) is 6.07 Å². The molecule has 3 nitrogen and oxygen atoms in total. The van der Waals surface area contributed by atoms with Crippen LogP contribution in [0.1, 0.15) is 30.6 Å². The van der Waals surface area contributed by atoms with E-state index in [0.717, 1.165) is 17.7 Å². The van der Waals surface area contributed by atoms with E-state index in [0.29, 0.717) is 5.69 Å². The van der Waals surface area contributed by atoms with E-state index in [2.05, 4.69) is 4.98 Å². The quantitative estimate of drug-likeness (QED) is 0.885. The fourth-order valence-corrected chi connectivity index (χ4v) is 1.80. The van der Waals surface area contributed by atoms with Gasteiger partial charge in [0.25, 0.3) is 0 Å². The number of aromatic nitrogens is 2. The first-order chi connectivity index (χ1) is 8.13. The van der Waals surface area contributed by atoms with Gasteiger partial charge >= 0.3 is 0 Å². The Morgan fingerprint density at radius 1 is 1.47 bits per heavy atom. The maximum absolute atomic E-state index is 13.8. The third-order valence-electron chi connectivity index (χ3n) is 2.85. The Kier molecular flexibility index (Phi) is 3.24. The molecule has 1 heterocycles. The number of benzene rings is 1. The number of halogens is 1. The van der Waals surface area contributed by atoms with Gasteiger partial charge in [0.1, 0.15) is 5.82 Å². The number of nitrogens with zero attached hydrogens (tertiary/aromatic N) is 2. The van der Waals surface area contributed by atoms with Crippen molar-refractivity contribution >= 4 is 0 Å². The van der Waals surface area contributed by atoms with Crippen molar-refractivity contribution in [3.05, 3.63) is 47.8 Å². The Bertz CT molecular complexity index is 519. The average molecular weight is 233 g/mol. The molecule has 0 radical (unpaired) electrons. The number of hydrogen-bond acceptors (Lipinski definition) is 2. The highest BCUT2D eigenvalue weighted by molar-refractivity contribution is 5.39. The second-order valence-corrected chi connectivity index (χ2v) is 4.16. The number of imidazole rings is 1. The van der Waals surface area contributed by atoms with Crippen LogP contribution in [0.5, 0.6) is 0 Å². The van der Waals surface area contributed by atoms with E-state index >= 15 is 0 Å². The molecular formula is C13H16FN3. The summed E-state index contributed by atoms with van der Waals surface area (Å²) >= 11 is 0. The van der Waals surface area contributed by atoms with Crippen LogP contribution < -0.4 is 5.73 Å². The summed E-state index contributed by atoms with van der Waals surface area (Å²) in [5.41, 5.74) is 8.32. The zero-order valence-electron chi connectivity index (χ0n) is 10.0. The molecule has 2 N–H and O–H groups in total. The number of nitrogens with two attached hydrogens (primary N) is 1. The molecule has 2 rings (SSSR count). The number of aryl methyl sites for hydroxylation is 1. The smallest absolute Gasteiger partial charge is 0.147 e. The predicted octanol–water partition coefficient (Wildman–Crippen LogP) is 2.73. The monoisotopic (exact) mass is 233 g/mol. The summed E-state index contributed by atoms with van der Waals surface area (Å²) in [6, 6.07) is 4.88. The van der Waals surface area contributed by atoms with Gasteiger partial charge in [-0.3, -0.25) is 4.57 Å². The zero-order chi connectivity index (χ0) is 12.4. The van der Waals surface area contributed by atoms with Gasteiger partial charge in [-0.15, -0.1) is 0 Å². The molecule has 1 aromatic carbocycles. The third-order valence-corrected chi connectivity index (χ3v) is 2.85. The SMILES string of the molecule is CC[C@@H](N)c1cncn1-c1cc(C)ccc1F. The fourth-order valence-electron chi connectivity index (χ4n) is 1.80. The van der Waals surface area contributed by atoms with Gasteiger partial charge in [0, 0.05) is 6.04 Å². The lowest BCUT2D eigenvalue weighted by Gasteiger charge is -2.14. The molecule has 4 heteroatoms. The van der Waals surface area contributed by atoms with Crippen LogP contribution in [0.2, 0.25) is 0 Å². The Morgan fingerprint density at radius 3 is 2.94 bits per heavy atom. The number of hydrogen-bond donors (Lipinski definition) is 1. The highest BCUT2D eigenvalue weighted by Gasteiger charge is 2.13. The van der Waals surface area contributed by atoms with Gasteiger partial charge < -0.3 is 5.73 Å². The molecule has 0 spiro atoms. The largest absolute Gasteiger partial charge is 0.323 e. The van der Waals surface area contributed by atoms with Gasteiger partial charge in [0.15, 0.2) is 0 Å². The van der Waals surface area contributed by atoms with Crippen LogP contribution in [-0.4, -0.2) is 9.55 Å². The fraction of sp³-hybridized carbons (Fsp3) is 0.308. The lowest BCUT2D eigenvalue weighted by molar-refractivity contribution is 0.604. The van der Waals surface area contributed by atoms with Crippen LogP contribution in [-0.2, 0) is 0 Å². The summed E-state index contributed by atoms with van der Waals surface area (Å²) < 4.78 is 15.5. The van der Waals surface area contributed by atoms with Crippen molar-refractivity contribution in [3.8, 4) is 5.69 Å². The first kappa shape index (κ1) is 11.8. The van der Waals surface area contributed by atoms with Gasteiger partial charge in [0.05, 0.1) is 23.9 Å². The molecule has 2 aromatic rings. The van der Waals surface area contributed by atoms with Gasteiger partial charge in [-0.25, -0.2) is 9.37 Å². The van der Waals surface area contributed by atoms with E-state index in [1.807, 2.05) is 13.8 Å². The Hall–Kier alpha value is -1.68. The molecule has 1 atom stereocenters. The molecule has 0 aliphatic heterocycles. The van der Waals surface area contributed by atoms with Gasteiger partial charge in [-0.1, -0.05) is 13.0 Å². The Labute approximate surface area is 100 Å². The standard InChI is InChI=1S/C13H16FN3/c1-3-11(15)13-7-16-8-17(13)12-6-9(2)4-5-10(12)14/h4-8,11H,3,15H2,1-2H3/t11-/m1/s1. The summed E-state index contributed by atoms with van der Waals surface area (Å²) in [6.07, 6.45) is 4.08. The first-order valence-corrected chi connectivity index (χ1v) is 5.67. The molecule has 0 saturated heterocycles. The summed E-state index contributed by atoms with van der Waals surface area (Å²) in [7, 11) is 0. The number of rotatable bonds is 3. The summed E-state index contributed by atoms with van der Waals surface area (Å²) in [6.45, 7) is 3.92. The van der Waals surface area contributed by atoms with Gasteiger partial charge in [0.2, 0.25) is 0 Å². The third kappa shape index (κ3) is 2.22. The van der Waals surface area contributed by atoms with Crippen molar-refractivity contribution in [1.29, 1.82) is 0 Å². The van der Waals surface area contributed by atoms with E-state index < -0.39 is 0 Å². The van der Waals surface area contributed by atoms with Crippen molar-refractivity contribution in [1.82, 2.24) is 9.55 Å². The topological polar surface area (TPSA) is 43.8 Å². The van der Waals surface area contributed by atoms with Crippen LogP contribution in [0, 0.1) is 12.7 Å². The minimum absolute atomic E-state index is 0.127. The van der Waals surface area contributed by atoms with Crippen molar-refractivity contribution in [2.45, 2.75) is 26.3 Å². The van der Waals surface area contributed by atoms with E-state index in [1.54, 1.807) is 29.2 Å². The molecular weight excluding hydrogens is 217 g/mol. The molecule has 0 aliphatic rings. The lowest BCUT2D eigenvalue weighted by Crippen LogP contribution is -2.14.